The fraction of sp³-hybridized carbons (Fsp3) is 0.643. The van der Waals surface area contributed by atoms with Gasteiger partial charge in [-0.2, -0.15) is 4.98 Å². The largest absolute Gasteiger partial charge is 0.396 e. The average Bonchev–Trinajstić information content (AvgIpc) is 3.05. The Morgan fingerprint density at radius 3 is 2.88 bits per heavy atom. The minimum absolute atomic E-state index is 0.108. The second-order valence-corrected chi connectivity index (χ2v) is 6.87. The predicted octanol–water partition coefficient (Wildman–Crippen LogP) is -1.33. The number of nitrogens with two attached hydrogens (primary N) is 1. The van der Waals surface area contributed by atoms with Crippen molar-refractivity contribution in [2.75, 3.05) is 32.7 Å². The van der Waals surface area contributed by atoms with Gasteiger partial charge in [0, 0.05) is 19.6 Å². The van der Waals surface area contributed by atoms with Gasteiger partial charge < -0.3 is 25.4 Å². The van der Waals surface area contributed by atoms with Crippen LogP contribution in [0.25, 0.3) is 10.3 Å². The number of nitrogens with one attached hydrogen (secondary N) is 1. The molecule has 1 fully saturated rings. The summed E-state index contributed by atoms with van der Waals surface area (Å²) in [5.41, 5.74) is 5.22. The van der Waals surface area contributed by atoms with E-state index in [4.69, 9.17) is 15.2 Å². The minimum Gasteiger partial charge on any atom is -0.396 e. The number of aromatic amines is 1. The molecule has 1 aliphatic carbocycles. The van der Waals surface area contributed by atoms with Gasteiger partial charge in [-0.25, -0.2) is 0 Å². The van der Waals surface area contributed by atoms with Crippen molar-refractivity contribution in [2.45, 2.75) is 24.7 Å². The monoisotopic (exact) mass is 372 g/mol. The first kappa shape index (κ1) is 18.0. The van der Waals surface area contributed by atoms with Gasteiger partial charge in [-0.05, 0) is 6.42 Å². The van der Waals surface area contributed by atoms with E-state index in [0.29, 0.717) is 13.0 Å². The Kier molecular flexibility index (Phi) is 5.20. The molecule has 3 rings (SSSR count). The van der Waals surface area contributed by atoms with Crippen LogP contribution in [0.1, 0.15) is 12.5 Å². The van der Waals surface area contributed by atoms with Gasteiger partial charge in [0.05, 0.1) is 25.4 Å². The van der Waals surface area contributed by atoms with Gasteiger partial charge >= 0.3 is 4.87 Å². The van der Waals surface area contributed by atoms with Gasteiger partial charge in [0.25, 0.3) is 5.56 Å². The Hall–Kier alpha value is -1.79. The number of aliphatic hydroxyl groups is 2. The lowest BCUT2D eigenvalue weighted by Crippen LogP contribution is -2.35. The van der Waals surface area contributed by atoms with E-state index < -0.39 is 28.7 Å². The van der Waals surface area contributed by atoms with Gasteiger partial charge in [0.2, 0.25) is 5.95 Å². The van der Waals surface area contributed by atoms with Gasteiger partial charge in [-0.3, -0.25) is 19.1 Å². The SMILES string of the molecule is COCCO[C@H]1[C@@H](CO)C[C@@H](n2c(=O)sc3c(=O)[nH]c(N)nc32)[C@@H]1O. The standard InChI is InChI=1S/C14H20N4O6S/c1-23-2-3-24-9-6(5-19)4-7(8(9)20)18-11-10(25-14(18)22)12(21)17-13(15)16-11/h6-9,19-20H,2-5H2,1H3,(H3,15,16,17,21)/t6-,7-,8+,9+/m1/s1. The number of aliphatic hydroxyl groups excluding tert-OH is 2. The first-order valence-electron chi connectivity index (χ1n) is 7.78. The number of hydrogen-bond donors (Lipinski definition) is 4. The summed E-state index contributed by atoms with van der Waals surface area (Å²) in [4.78, 5) is 30.3. The third-order valence-electron chi connectivity index (χ3n) is 4.40. The Morgan fingerprint density at radius 1 is 1.44 bits per heavy atom. The van der Waals surface area contributed by atoms with Gasteiger partial charge in [-0.15, -0.1) is 0 Å². The summed E-state index contributed by atoms with van der Waals surface area (Å²) in [5, 5.41) is 20.3. The van der Waals surface area contributed by atoms with Crippen LogP contribution in [0.4, 0.5) is 5.95 Å². The molecule has 1 saturated carbocycles. The second kappa shape index (κ2) is 7.22. The number of fused-ring (bicyclic) bond motifs is 1. The van der Waals surface area contributed by atoms with Crippen molar-refractivity contribution in [3.05, 3.63) is 20.0 Å². The first-order chi connectivity index (χ1) is 12.0. The third kappa shape index (κ3) is 3.20. The van der Waals surface area contributed by atoms with Crippen molar-refractivity contribution in [3.63, 3.8) is 0 Å². The quantitative estimate of drug-likeness (QED) is 0.455. The molecule has 0 bridgehead atoms. The first-order valence-corrected chi connectivity index (χ1v) is 8.59. The molecule has 0 saturated heterocycles. The number of rotatable bonds is 6. The number of anilines is 1. The molecule has 0 spiro atoms. The molecule has 1 aliphatic rings. The van der Waals surface area contributed by atoms with Gasteiger partial charge in [0.15, 0.2) is 5.65 Å². The van der Waals surface area contributed by atoms with E-state index >= 15 is 0 Å². The molecular weight excluding hydrogens is 352 g/mol. The number of nitrogen functional groups attached to an aromatic ring is 1. The smallest absolute Gasteiger partial charge is 0.309 e. The van der Waals surface area contributed by atoms with Crippen LogP contribution >= 0.6 is 11.3 Å². The highest BCUT2D eigenvalue weighted by Crippen LogP contribution is 2.37. The molecule has 10 nitrogen and oxygen atoms in total. The maximum atomic E-state index is 12.4. The van der Waals surface area contributed by atoms with E-state index in [0.717, 1.165) is 11.3 Å². The molecule has 25 heavy (non-hydrogen) atoms. The van der Waals surface area contributed by atoms with Crippen LogP contribution < -0.4 is 16.2 Å². The highest BCUT2D eigenvalue weighted by molar-refractivity contribution is 7.16. The molecule has 0 amide bonds. The zero-order valence-corrected chi connectivity index (χ0v) is 14.4. The number of ether oxygens (including phenoxy) is 2. The molecule has 2 aromatic rings. The minimum atomic E-state index is -1.04. The topological polar surface area (TPSA) is 153 Å². The van der Waals surface area contributed by atoms with Crippen LogP contribution in [0.2, 0.25) is 0 Å². The van der Waals surface area contributed by atoms with E-state index in [2.05, 4.69) is 9.97 Å². The number of aromatic nitrogens is 3. The molecular formula is C14H20N4O6S. The van der Waals surface area contributed by atoms with Crippen LogP contribution in [-0.2, 0) is 9.47 Å². The maximum Gasteiger partial charge on any atom is 0.309 e. The second-order valence-electron chi connectivity index (χ2n) is 5.91. The van der Waals surface area contributed by atoms with Crippen molar-refractivity contribution < 1.29 is 19.7 Å². The van der Waals surface area contributed by atoms with Crippen LogP contribution in [0.5, 0.6) is 0 Å². The highest BCUT2D eigenvalue weighted by atomic mass is 32.1. The molecule has 2 heterocycles. The lowest BCUT2D eigenvalue weighted by Gasteiger charge is -2.22. The predicted molar refractivity (Wildman–Crippen MR) is 90.8 cm³/mol. The lowest BCUT2D eigenvalue weighted by atomic mass is 10.1. The van der Waals surface area contributed by atoms with E-state index in [-0.39, 0.29) is 35.4 Å². The summed E-state index contributed by atoms with van der Waals surface area (Å²) >= 11 is 0.746. The summed E-state index contributed by atoms with van der Waals surface area (Å²) in [6.45, 7) is 0.407. The third-order valence-corrected chi connectivity index (χ3v) is 5.34. The Labute approximate surface area is 145 Å². The average molecular weight is 372 g/mol. The van der Waals surface area contributed by atoms with Crippen LogP contribution in [0.3, 0.4) is 0 Å². The van der Waals surface area contributed by atoms with Crippen LogP contribution in [-0.4, -0.2) is 63.9 Å². The molecule has 11 heteroatoms. The maximum absolute atomic E-state index is 12.4. The Balaban J connectivity index is 1.99. The summed E-state index contributed by atoms with van der Waals surface area (Å²) in [5.74, 6) is -0.457. The number of nitrogens with zero attached hydrogens (tertiary/aromatic N) is 2. The van der Waals surface area contributed by atoms with Crippen molar-refractivity contribution in [3.8, 4) is 0 Å². The zero-order chi connectivity index (χ0) is 18.1. The van der Waals surface area contributed by atoms with Crippen LogP contribution in [0.15, 0.2) is 9.59 Å². The lowest BCUT2D eigenvalue weighted by molar-refractivity contribution is -0.0679. The summed E-state index contributed by atoms with van der Waals surface area (Å²) in [6, 6.07) is -0.667. The molecule has 0 aromatic carbocycles. The number of thiazole rings is 1. The molecule has 0 radical (unpaired) electrons. The van der Waals surface area contributed by atoms with Crippen molar-refractivity contribution in [2.24, 2.45) is 5.92 Å². The van der Waals surface area contributed by atoms with E-state index in [1.54, 1.807) is 0 Å². The molecule has 0 unspecified atom stereocenters. The van der Waals surface area contributed by atoms with E-state index in [9.17, 15) is 19.8 Å². The zero-order valence-electron chi connectivity index (χ0n) is 13.5. The van der Waals surface area contributed by atoms with E-state index in [1.165, 1.54) is 11.7 Å². The summed E-state index contributed by atoms with van der Waals surface area (Å²) in [7, 11) is 1.53. The molecule has 0 aliphatic heterocycles. The van der Waals surface area contributed by atoms with Crippen LogP contribution in [0, 0.1) is 5.92 Å². The fourth-order valence-electron chi connectivity index (χ4n) is 3.26. The Morgan fingerprint density at radius 2 is 2.20 bits per heavy atom. The van der Waals surface area contributed by atoms with Gasteiger partial charge in [0.1, 0.15) is 10.8 Å². The molecule has 4 atom stereocenters. The van der Waals surface area contributed by atoms with Gasteiger partial charge in [-0.1, -0.05) is 11.3 Å². The van der Waals surface area contributed by atoms with Crippen molar-refractivity contribution in [1.29, 1.82) is 0 Å². The number of methoxy groups -OCH3 is 1. The fourth-order valence-corrected chi connectivity index (χ4v) is 4.13. The summed E-state index contributed by atoms with van der Waals surface area (Å²) in [6.07, 6.45) is -1.37. The molecule has 2 aromatic heterocycles. The van der Waals surface area contributed by atoms with E-state index in [1.807, 2.05) is 0 Å². The molecule has 5 N–H and O–H groups in total. The summed E-state index contributed by atoms with van der Waals surface area (Å²) < 4.78 is 12.0. The number of hydrogen-bond acceptors (Lipinski definition) is 9. The molecule has 138 valence electrons. The Bertz CT molecular complexity index is 861. The number of H-pyrrole nitrogens is 1. The van der Waals surface area contributed by atoms with Crippen molar-refractivity contribution >= 4 is 27.6 Å². The highest BCUT2D eigenvalue weighted by Gasteiger charge is 2.45. The normalized spacial score (nSPS) is 26.5. The van der Waals surface area contributed by atoms with Crippen molar-refractivity contribution in [1.82, 2.24) is 14.5 Å².